The van der Waals surface area contributed by atoms with Crippen LogP contribution in [0.15, 0.2) is 40.3 Å². The first kappa shape index (κ1) is 26.6. The first-order valence-corrected chi connectivity index (χ1v) is 13.0. The lowest BCUT2D eigenvalue weighted by molar-refractivity contribution is 0.530. The maximum absolute atomic E-state index is 4.34. The Morgan fingerprint density at radius 2 is 1.10 bits per heavy atom. The molecule has 0 aliphatic rings. The lowest BCUT2D eigenvalue weighted by atomic mass is 10.0. The zero-order valence-electron chi connectivity index (χ0n) is 20.1. The molecule has 0 aromatic heterocycles. The average Bonchev–Trinajstić information content (AvgIpc) is 2.78. The molecule has 2 nitrogen and oxygen atoms in total. The summed E-state index contributed by atoms with van der Waals surface area (Å²) >= 11 is 0. The summed E-state index contributed by atoms with van der Waals surface area (Å²) in [6.07, 6.45) is 22.5. The Balaban J connectivity index is 1.80. The highest BCUT2D eigenvalue weighted by molar-refractivity contribution is 5.41. The maximum atomic E-state index is 4.34. The Kier molecular flexibility index (Phi) is 18.5. The minimum atomic E-state index is 0.435. The van der Waals surface area contributed by atoms with Crippen molar-refractivity contribution in [2.24, 2.45) is 9.98 Å². The van der Waals surface area contributed by atoms with Gasteiger partial charge in [-0.15, -0.1) is 0 Å². The number of hydrogen-bond acceptors (Lipinski definition) is 2. The van der Waals surface area contributed by atoms with Gasteiger partial charge in [0.2, 0.25) is 0 Å². The molecule has 1 atom stereocenters. The van der Waals surface area contributed by atoms with E-state index in [2.05, 4.69) is 60.2 Å². The summed E-state index contributed by atoms with van der Waals surface area (Å²) in [5.74, 6) is 0.435. The minimum absolute atomic E-state index is 0.435. The highest BCUT2D eigenvalue weighted by Crippen LogP contribution is 2.15. The first-order valence-electron chi connectivity index (χ1n) is 13.0. The van der Waals surface area contributed by atoms with Crippen LogP contribution in [0.25, 0.3) is 0 Å². The van der Waals surface area contributed by atoms with E-state index in [-0.39, 0.29) is 0 Å². The van der Waals surface area contributed by atoms with Crippen LogP contribution in [0.4, 0.5) is 0 Å². The van der Waals surface area contributed by atoms with Crippen molar-refractivity contribution in [3.8, 4) is 0 Å². The zero-order valence-corrected chi connectivity index (χ0v) is 20.1. The molecule has 0 bridgehead atoms. The predicted molar refractivity (Wildman–Crippen MR) is 134 cm³/mol. The second-order valence-corrected chi connectivity index (χ2v) is 8.94. The molecule has 0 spiro atoms. The van der Waals surface area contributed by atoms with Crippen molar-refractivity contribution in [1.82, 2.24) is 0 Å². The molecule has 1 unspecified atom stereocenters. The predicted octanol–water partition coefficient (Wildman–Crippen LogP) is 9.23. The Labute approximate surface area is 187 Å². The normalized spacial score (nSPS) is 11.8. The van der Waals surface area contributed by atoms with E-state index in [9.17, 15) is 0 Å². The highest BCUT2D eigenvalue weighted by atomic mass is 14.8. The van der Waals surface area contributed by atoms with E-state index < -0.39 is 0 Å². The molecule has 0 saturated heterocycles. The molecular weight excluding hydrogens is 364 g/mol. The van der Waals surface area contributed by atoms with Crippen molar-refractivity contribution >= 4 is 6.01 Å². The second-order valence-electron chi connectivity index (χ2n) is 8.94. The van der Waals surface area contributed by atoms with Gasteiger partial charge in [-0.25, -0.2) is 9.98 Å². The number of aliphatic imine (C=N–C) groups is 2. The molecule has 1 aromatic carbocycles. The van der Waals surface area contributed by atoms with Gasteiger partial charge >= 0.3 is 0 Å². The largest absolute Gasteiger partial charge is 0.226 e. The van der Waals surface area contributed by atoms with Gasteiger partial charge in [-0.3, -0.25) is 0 Å². The molecule has 0 heterocycles. The lowest BCUT2D eigenvalue weighted by Crippen LogP contribution is -1.96. The van der Waals surface area contributed by atoms with Crippen LogP contribution in [-0.4, -0.2) is 19.1 Å². The fourth-order valence-corrected chi connectivity index (χ4v) is 3.90. The van der Waals surface area contributed by atoms with Crippen LogP contribution in [0.5, 0.6) is 0 Å². The second kappa shape index (κ2) is 20.9. The number of rotatable bonds is 20. The minimum Gasteiger partial charge on any atom is -0.226 e. The van der Waals surface area contributed by atoms with Crippen molar-refractivity contribution in [1.29, 1.82) is 0 Å². The molecule has 0 radical (unpaired) electrons. The van der Waals surface area contributed by atoms with Gasteiger partial charge in [-0.2, -0.15) is 0 Å². The van der Waals surface area contributed by atoms with Gasteiger partial charge in [0.15, 0.2) is 0 Å². The van der Waals surface area contributed by atoms with Crippen molar-refractivity contribution in [3.05, 3.63) is 35.9 Å². The third-order valence-corrected chi connectivity index (χ3v) is 6.00. The van der Waals surface area contributed by atoms with Gasteiger partial charge in [0.05, 0.1) is 12.6 Å². The third-order valence-electron chi connectivity index (χ3n) is 6.00. The Hall–Kier alpha value is -1.40. The van der Waals surface area contributed by atoms with Crippen LogP contribution < -0.4 is 0 Å². The third kappa shape index (κ3) is 16.4. The van der Waals surface area contributed by atoms with Crippen LogP contribution in [-0.2, 0) is 0 Å². The van der Waals surface area contributed by atoms with E-state index in [1.807, 2.05) is 0 Å². The number of hydrogen-bond donors (Lipinski definition) is 0. The smallest absolute Gasteiger partial charge is 0.0892 e. The number of benzene rings is 1. The topological polar surface area (TPSA) is 24.7 Å². The number of nitrogens with zero attached hydrogens (tertiary/aromatic N) is 2. The van der Waals surface area contributed by atoms with Crippen LogP contribution in [0.2, 0.25) is 0 Å². The summed E-state index contributed by atoms with van der Waals surface area (Å²) in [5, 5.41) is 0. The van der Waals surface area contributed by atoms with E-state index in [1.54, 1.807) is 0 Å². The molecule has 0 aliphatic carbocycles. The van der Waals surface area contributed by atoms with E-state index in [0.29, 0.717) is 5.92 Å². The Bertz CT molecular complexity index is 531. The van der Waals surface area contributed by atoms with Gasteiger partial charge in [-0.05, 0) is 12.0 Å². The van der Waals surface area contributed by atoms with Crippen LogP contribution >= 0.6 is 0 Å². The van der Waals surface area contributed by atoms with Gasteiger partial charge in [0, 0.05) is 12.5 Å². The summed E-state index contributed by atoms with van der Waals surface area (Å²) in [6.45, 7) is 6.14. The Morgan fingerprint density at radius 1 is 0.633 bits per heavy atom. The van der Waals surface area contributed by atoms with Crippen LogP contribution in [0, 0.1) is 0 Å². The lowest BCUT2D eigenvalue weighted by Gasteiger charge is -2.06. The molecule has 2 heteroatoms. The summed E-state index contributed by atoms with van der Waals surface area (Å²) in [5.41, 5.74) is 1.33. The van der Waals surface area contributed by atoms with Gasteiger partial charge < -0.3 is 0 Å². The zero-order chi connectivity index (χ0) is 21.5. The Morgan fingerprint density at radius 3 is 1.60 bits per heavy atom. The molecule has 1 aromatic rings. The molecule has 0 fully saturated rings. The van der Waals surface area contributed by atoms with Crippen molar-refractivity contribution < 1.29 is 0 Å². The standard InChI is InChI=1S/C28H48N2/c1-3-4-5-6-7-8-9-10-11-12-13-14-15-16-17-21-24-29-26-30-25-27(2)28-22-19-18-20-23-28/h18-20,22-23,27H,3-17,21,24-25H2,1-2H3. The molecule has 170 valence electrons. The molecule has 0 amide bonds. The summed E-state index contributed by atoms with van der Waals surface area (Å²) in [6, 6.07) is 13.4. The molecule has 30 heavy (non-hydrogen) atoms. The fourth-order valence-electron chi connectivity index (χ4n) is 3.90. The average molecular weight is 413 g/mol. The summed E-state index contributed by atoms with van der Waals surface area (Å²) < 4.78 is 0. The maximum Gasteiger partial charge on any atom is 0.0892 e. The first-order chi connectivity index (χ1) is 14.8. The van der Waals surface area contributed by atoms with Gasteiger partial charge in [-0.1, -0.05) is 140 Å². The van der Waals surface area contributed by atoms with Crippen LogP contribution in [0.1, 0.15) is 128 Å². The molecule has 0 N–H and O–H groups in total. The van der Waals surface area contributed by atoms with Crippen LogP contribution in [0.3, 0.4) is 0 Å². The number of unbranched alkanes of at least 4 members (excludes halogenated alkanes) is 15. The molecule has 0 saturated carbocycles. The quantitative estimate of drug-likeness (QED) is 0.151. The van der Waals surface area contributed by atoms with E-state index in [4.69, 9.17) is 0 Å². The summed E-state index contributed by atoms with van der Waals surface area (Å²) in [7, 11) is 0. The highest BCUT2D eigenvalue weighted by Gasteiger charge is 2.02. The monoisotopic (exact) mass is 412 g/mol. The van der Waals surface area contributed by atoms with Crippen molar-refractivity contribution in [3.63, 3.8) is 0 Å². The summed E-state index contributed by atoms with van der Waals surface area (Å²) in [4.78, 5) is 8.67. The van der Waals surface area contributed by atoms with Crippen molar-refractivity contribution in [2.75, 3.05) is 13.1 Å². The molecule has 0 aliphatic heterocycles. The molecule has 1 rings (SSSR count). The fraction of sp³-hybridized carbons (Fsp3) is 0.750. The van der Waals surface area contributed by atoms with E-state index in [0.717, 1.165) is 13.1 Å². The van der Waals surface area contributed by atoms with E-state index >= 15 is 0 Å². The van der Waals surface area contributed by atoms with Crippen molar-refractivity contribution in [2.45, 2.75) is 122 Å². The molecular formula is C28H48N2. The SMILES string of the molecule is CCCCCCCCCCCCCCCCCCN=C=NCC(C)c1ccccc1. The van der Waals surface area contributed by atoms with Gasteiger partial charge in [0.1, 0.15) is 0 Å². The van der Waals surface area contributed by atoms with E-state index in [1.165, 1.54) is 108 Å². The van der Waals surface area contributed by atoms with Gasteiger partial charge in [0.25, 0.3) is 0 Å².